The van der Waals surface area contributed by atoms with Crippen LogP contribution >= 0.6 is 35.7 Å². The van der Waals surface area contributed by atoms with Gasteiger partial charge in [0.2, 0.25) is 5.91 Å². The predicted octanol–water partition coefficient (Wildman–Crippen LogP) is 3.99. The van der Waals surface area contributed by atoms with E-state index in [1.165, 1.54) is 18.6 Å². The number of hydrogen-bond acceptors (Lipinski definition) is 3. The summed E-state index contributed by atoms with van der Waals surface area (Å²) in [5, 5.41) is 10.4. The molecule has 0 bridgehead atoms. The van der Waals surface area contributed by atoms with E-state index in [1.54, 1.807) is 0 Å². The maximum absolute atomic E-state index is 11.6. The first kappa shape index (κ1) is 23.1. The molecular formula is C19H31IN4OS. The van der Waals surface area contributed by atoms with Gasteiger partial charge >= 0.3 is 0 Å². The van der Waals surface area contributed by atoms with Gasteiger partial charge in [-0.1, -0.05) is 19.1 Å². The van der Waals surface area contributed by atoms with Gasteiger partial charge in [0.05, 0.1) is 6.54 Å². The van der Waals surface area contributed by atoms with Gasteiger partial charge in [0.15, 0.2) is 5.96 Å². The number of guanidine groups is 1. The van der Waals surface area contributed by atoms with Crippen molar-refractivity contribution in [3.8, 4) is 0 Å². The summed E-state index contributed by atoms with van der Waals surface area (Å²) in [6.07, 6.45) is 4.04. The van der Waals surface area contributed by atoms with Crippen LogP contribution in [0, 0.1) is 0 Å². The van der Waals surface area contributed by atoms with Gasteiger partial charge in [-0.15, -0.1) is 24.0 Å². The summed E-state index contributed by atoms with van der Waals surface area (Å²) in [5.41, 5.74) is 1.97. The lowest BCUT2D eigenvalue weighted by Crippen LogP contribution is -2.40. The highest BCUT2D eigenvalue weighted by molar-refractivity contribution is 14.0. The first-order valence-electron chi connectivity index (χ1n) is 9.23. The van der Waals surface area contributed by atoms with Crippen LogP contribution in [-0.4, -0.2) is 36.0 Å². The molecule has 1 amide bonds. The maximum atomic E-state index is 11.6. The third-order valence-corrected chi connectivity index (χ3v) is 5.40. The lowest BCUT2D eigenvalue weighted by Gasteiger charge is -2.14. The molecule has 1 aromatic carbocycles. The molecule has 0 spiro atoms. The molecule has 1 heterocycles. The Morgan fingerprint density at radius 3 is 2.62 bits per heavy atom. The van der Waals surface area contributed by atoms with Crippen LogP contribution in [0.3, 0.4) is 0 Å². The second-order valence-electron chi connectivity index (χ2n) is 6.21. The van der Waals surface area contributed by atoms with E-state index in [0.29, 0.717) is 18.2 Å². The Balaban J connectivity index is 0.00000338. The molecule has 1 aromatic rings. The van der Waals surface area contributed by atoms with Crippen molar-refractivity contribution in [1.82, 2.24) is 10.6 Å². The second-order valence-corrected chi connectivity index (χ2v) is 7.61. The Morgan fingerprint density at radius 1 is 1.23 bits per heavy atom. The minimum absolute atomic E-state index is 0. The van der Waals surface area contributed by atoms with E-state index < -0.39 is 0 Å². The van der Waals surface area contributed by atoms with Crippen LogP contribution in [0.1, 0.15) is 45.1 Å². The fourth-order valence-corrected chi connectivity index (χ4v) is 3.87. The van der Waals surface area contributed by atoms with Gasteiger partial charge in [-0.25, -0.2) is 4.99 Å². The van der Waals surface area contributed by atoms with Gasteiger partial charge in [0.1, 0.15) is 0 Å². The Labute approximate surface area is 178 Å². The fraction of sp³-hybridized carbons (Fsp3) is 0.579. The predicted molar refractivity (Wildman–Crippen MR) is 124 cm³/mol. The normalized spacial score (nSPS) is 16.7. The average molecular weight is 490 g/mol. The number of carbonyl (C=O) groups excluding carboxylic acids is 1. The van der Waals surface area contributed by atoms with Gasteiger partial charge in [0, 0.05) is 30.4 Å². The smallest absolute Gasteiger partial charge is 0.224 e. The summed E-state index contributed by atoms with van der Waals surface area (Å²) < 4.78 is 0. The number of rotatable bonds is 8. The molecule has 0 saturated carbocycles. The Morgan fingerprint density at radius 2 is 2.00 bits per heavy atom. The summed E-state index contributed by atoms with van der Waals surface area (Å²) in [5.74, 6) is 2.22. The highest BCUT2D eigenvalue weighted by atomic mass is 127. The van der Waals surface area contributed by atoms with E-state index in [9.17, 15) is 4.79 Å². The molecule has 1 aliphatic heterocycles. The summed E-state index contributed by atoms with van der Waals surface area (Å²) in [4.78, 5) is 16.3. The third kappa shape index (κ3) is 8.62. The molecule has 1 aliphatic rings. The zero-order valence-corrected chi connectivity index (χ0v) is 18.9. The molecule has 0 radical (unpaired) electrons. The van der Waals surface area contributed by atoms with E-state index in [0.717, 1.165) is 36.7 Å². The minimum Gasteiger partial charge on any atom is -0.357 e. The number of halogens is 1. The highest BCUT2D eigenvalue weighted by Crippen LogP contribution is 2.25. The quantitative estimate of drug-likeness (QED) is 0.293. The van der Waals surface area contributed by atoms with E-state index in [4.69, 9.17) is 0 Å². The lowest BCUT2D eigenvalue weighted by atomic mass is 10.2. The van der Waals surface area contributed by atoms with Crippen LogP contribution in [0.2, 0.25) is 0 Å². The van der Waals surface area contributed by atoms with Gasteiger partial charge in [0.25, 0.3) is 0 Å². The SMILES string of the molecule is CCCC(=O)Nc1ccc(CN=C(NCC)NCC2CCCS2)cc1.I. The van der Waals surface area contributed by atoms with Crippen molar-refractivity contribution in [2.75, 3.05) is 24.2 Å². The van der Waals surface area contributed by atoms with Gasteiger partial charge in [-0.3, -0.25) is 4.79 Å². The van der Waals surface area contributed by atoms with Crippen molar-refractivity contribution < 1.29 is 4.79 Å². The number of aliphatic imine (C=N–C) groups is 1. The molecule has 3 N–H and O–H groups in total. The van der Waals surface area contributed by atoms with E-state index >= 15 is 0 Å². The van der Waals surface area contributed by atoms with Crippen molar-refractivity contribution >= 4 is 53.3 Å². The van der Waals surface area contributed by atoms with Crippen molar-refractivity contribution in [3.05, 3.63) is 29.8 Å². The first-order valence-corrected chi connectivity index (χ1v) is 10.3. The number of carbonyl (C=O) groups is 1. The molecule has 2 rings (SSSR count). The van der Waals surface area contributed by atoms with Gasteiger partial charge in [-0.2, -0.15) is 11.8 Å². The number of hydrogen-bond donors (Lipinski definition) is 3. The van der Waals surface area contributed by atoms with Crippen molar-refractivity contribution in [2.24, 2.45) is 4.99 Å². The maximum Gasteiger partial charge on any atom is 0.224 e. The second kappa shape index (κ2) is 13.2. The Kier molecular flexibility index (Phi) is 11.8. The molecule has 7 heteroatoms. The number of nitrogens with one attached hydrogen (secondary N) is 3. The summed E-state index contributed by atoms with van der Waals surface area (Å²) >= 11 is 2.05. The Bertz CT molecular complexity index is 559. The molecular weight excluding hydrogens is 459 g/mol. The van der Waals surface area contributed by atoms with Gasteiger partial charge in [-0.05, 0) is 49.6 Å². The molecule has 1 fully saturated rings. The summed E-state index contributed by atoms with van der Waals surface area (Å²) in [7, 11) is 0. The van der Waals surface area contributed by atoms with Crippen molar-refractivity contribution in [3.63, 3.8) is 0 Å². The molecule has 0 aliphatic carbocycles. The molecule has 1 saturated heterocycles. The zero-order valence-electron chi connectivity index (χ0n) is 15.7. The number of thioether (sulfide) groups is 1. The number of amides is 1. The van der Waals surface area contributed by atoms with E-state index in [1.807, 2.05) is 43.0 Å². The third-order valence-electron chi connectivity index (χ3n) is 4.00. The first-order chi connectivity index (χ1) is 12.2. The molecule has 1 atom stereocenters. The Hall–Kier alpha value is -0.960. The van der Waals surface area contributed by atoms with Crippen LogP contribution in [0.15, 0.2) is 29.3 Å². The highest BCUT2D eigenvalue weighted by Gasteiger charge is 2.15. The van der Waals surface area contributed by atoms with Gasteiger partial charge < -0.3 is 16.0 Å². The molecule has 1 unspecified atom stereocenters. The lowest BCUT2D eigenvalue weighted by molar-refractivity contribution is -0.116. The van der Waals surface area contributed by atoms with Crippen LogP contribution in [0.25, 0.3) is 0 Å². The van der Waals surface area contributed by atoms with Crippen LogP contribution in [-0.2, 0) is 11.3 Å². The number of benzene rings is 1. The minimum atomic E-state index is 0. The van der Waals surface area contributed by atoms with Crippen LogP contribution < -0.4 is 16.0 Å². The average Bonchev–Trinajstić information content (AvgIpc) is 3.12. The molecule has 146 valence electrons. The molecule has 5 nitrogen and oxygen atoms in total. The monoisotopic (exact) mass is 490 g/mol. The molecule has 26 heavy (non-hydrogen) atoms. The summed E-state index contributed by atoms with van der Waals surface area (Å²) in [6, 6.07) is 7.91. The van der Waals surface area contributed by atoms with Crippen LogP contribution in [0.5, 0.6) is 0 Å². The fourth-order valence-electron chi connectivity index (χ4n) is 2.67. The number of anilines is 1. The van der Waals surface area contributed by atoms with Crippen molar-refractivity contribution in [1.29, 1.82) is 0 Å². The van der Waals surface area contributed by atoms with Crippen molar-refractivity contribution in [2.45, 2.75) is 51.3 Å². The number of nitrogens with zero attached hydrogens (tertiary/aromatic N) is 1. The largest absolute Gasteiger partial charge is 0.357 e. The standard InChI is InChI=1S/C19H30N4OS.HI/c1-3-6-18(24)23-16-10-8-15(9-11-16)13-21-19(20-4-2)22-14-17-7-5-12-25-17;/h8-11,17H,3-7,12-14H2,1-2H3,(H,23,24)(H2,20,21,22);1H. The molecule has 0 aromatic heterocycles. The van der Waals surface area contributed by atoms with E-state index in [-0.39, 0.29) is 29.9 Å². The van der Waals surface area contributed by atoms with E-state index in [2.05, 4.69) is 27.9 Å². The van der Waals surface area contributed by atoms with Crippen LogP contribution in [0.4, 0.5) is 5.69 Å². The topological polar surface area (TPSA) is 65.5 Å². The summed E-state index contributed by atoms with van der Waals surface area (Å²) in [6.45, 7) is 6.53. The zero-order chi connectivity index (χ0) is 17.9.